The number of hydrogen-bond donors (Lipinski definition) is 1. The normalized spacial score (nSPS) is 21.9. The van der Waals surface area contributed by atoms with Gasteiger partial charge in [0.1, 0.15) is 5.82 Å². The highest BCUT2D eigenvalue weighted by molar-refractivity contribution is 5.87. The van der Waals surface area contributed by atoms with E-state index in [1.165, 1.54) is 6.07 Å². The molecule has 2 rings (SSSR count). The molecular weight excluding hydrogens is 257 g/mol. The molecule has 0 radical (unpaired) electrons. The Morgan fingerprint density at radius 2 is 2.35 bits per heavy atom. The van der Waals surface area contributed by atoms with E-state index in [0.29, 0.717) is 24.1 Å². The van der Waals surface area contributed by atoms with Gasteiger partial charge in [-0.15, -0.1) is 0 Å². The zero-order valence-corrected chi connectivity index (χ0v) is 11.5. The molecule has 1 aromatic rings. The fourth-order valence-corrected chi connectivity index (χ4v) is 2.61. The van der Waals surface area contributed by atoms with Gasteiger partial charge < -0.3 is 5.21 Å². The summed E-state index contributed by atoms with van der Waals surface area (Å²) in [6, 6.07) is 6.52. The van der Waals surface area contributed by atoms with E-state index in [2.05, 4.69) is 17.0 Å². The monoisotopic (exact) mass is 275 g/mol. The molecule has 106 valence electrons. The van der Waals surface area contributed by atoms with Crippen molar-refractivity contribution in [2.24, 2.45) is 11.1 Å². The van der Waals surface area contributed by atoms with Gasteiger partial charge in [-0.05, 0) is 18.6 Å². The van der Waals surface area contributed by atoms with E-state index < -0.39 is 0 Å². The molecule has 5 heteroatoms. The molecule has 0 amide bonds. The molecule has 0 bridgehead atoms. The summed E-state index contributed by atoms with van der Waals surface area (Å²) in [5.41, 5.74) is 1.78. The van der Waals surface area contributed by atoms with Crippen molar-refractivity contribution in [1.82, 2.24) is 4.90 Å². The van der Waals surface area contributed by atoms with E-state index in [4.69, 9.17) is 10.5 Å². The van der Waals surface area contributed by atoms with E-state index >= 15 is 0 Å². The number of halogens is 1. The summed E-state index contributed by atoms with van der Waals surface area (Å²) in [6.07, 6.45) is 1.62. The first-order chi connectivity index (χ1) is 9.67. The van der Waals surface area contributed by atoms with Crippen molar-refractivity contribution in [2.45, 2.75) is 26.3 Å². The van der Waals surface area contributed by atoms with Crippen LogP contribution in [-0.2, 0) is 6.54 Å². The van der Waals surface area contributed by atoms with E-state index in [1.807, 2.05) is 6.07 Å². The molecule has 0 saturated carbocycles. The molecule has 1 fully saturated rings. The predicted molar refractivity (Wildman–Crippen MR) is 74.0 cm³/mol. The van der Waals surface area contributed by atoms with Crippen molar-refractivity contribution in [3.63, 3.8) is 0 Å². The van der Waals surface area contributed by atoms with Crippen molar-refractivity contribution >= 4 is 5.71 Å². The minimum atomic E-state index is -0.335. The molecule has 1 aliphatic heterocycles. The zero-order chi connectivity index (χ0) is 14.5. The first-order valence-corrected chi connectivity index (χ1v) is 6.79. The second-order valence-electron chi connectivity index (χ2n) is 5.10. The molecule has 1 aromatic carbocycles. The summed E-state index contributed by atoms with van der Waals surface area (Å²) >= 11 is 0. The summed E-state index contributed by atoms with van der Waals surface area (Å²) in [7, 11) is 0. The Kier molecular flexibility index (Phi) is 4.70. The van der Waals surface area contributed by atoms with Gasteiger partial charge in [0.05, 0.1) is 17.3 Å². The van der Waals surface area contributed by atoms with Crippen LogP contribution in [0.2, 0.25) is 0 Å². The molecule has 1 N–H and O–H groups in total. The molecule has 0 aromatic heterocycles. The lowest BCUT2D eigenvalue weighted by atomic mass is 9.93. The van der Waals surface area contributed by atoms with Crippen molar-refractivity contribution < 1.29 is 9.60 Å². The zero-order valence-electron chi connectivity index (χ0n) is 11.5. The Labute approximate surface area is 118 Å². The first-order valence-electron chi connectivity index (χ1n) is 6.79. The molecule has 0 aliphatic carbocycles. The minimum absolute atomic E-state index is 0.232. The van der Waals surface area contributed by atoms with Gasteiger partial charge in [0, 0.05) is 37.5 Å². The van der Waals surface area contributed by atoms with Crippen LogP contribution in [0.3, 0.4) is 0 Å². The van der Waals surface area contributed by atoms with Gasteiger partial charge in [-0.3, -0.25) is 4.90 Å². The smallest absolute Gasteiger partial charge is 0.129 e. The lowest BCUT2D eigenvalue weighted by Crippen LogP contribution is -2.40. The summed E-state index contributed by atoms with van der Waals surface area (Å²) in [5.74, 6) is -0.103. The third kappa shape index (κ3) is 3.14. The SMILES string of the molecule is CCC1CN(Cc2ccc(C#N)cc2F)CC/C1=N\O. The third-order valence-corrected chi connectivity index (χ3v) is 3.83. The van der Waals surface area contributed by atoms with Gasteiger partial charge in [0.2, 0.25) is 0 Å². The standard InChI is InChI=1S/C15H18FN3O/c1-2-12-9-19(6-5-15(12)18-20)10-13-4-3-11(8-17)7-14(13)16/h3-4,7,12,20H,2,5-6,9-10H2,1H3/b18-15+. The van der Waals surface area contributed by atoms with E-state index in [9.17, 15) is 4.39 Å². The number of rotatable bonds is 3. The summed E-state index contributed by atoms with van der Waals surface area (Å²) in [4.78, 5) is 2.16. The minimum Gasteiger partial charge on any atom is -0.411 e. The van der Waals surface area contributed by atoms with Crippen molar-refractivity contribution in [3.05, 3.63) is 35.1 Å². The van der Waals surface area contributed by atoms with E-state index in [0.717, 1.165) is 25.2 Å². The maximum atomic E-state index is 13.9. The van der Waals surface area contributed by atoms with Crippen LogP contribution in [0.15, 0.2) is 23.4 Å². The molecule has 1 atom stereocenters. The van der Waals surface area contributed by atoms with Crippen molar-refractivity contribution in [1.29, 1.82) is 5.26 Å². The van der Waals surface area contributed by atoms with Crippen LogP contribution in [0.5, 0.6) is 0 Å². The molecule has 1 unspecified atom stereocenters. The Balaban J connectivity index is 2.06. The summed E-state index contributed by atoms with van der Waals surface area (Å²) < 4.78 is 13.9. The number of benzene rings is 1. The Morgan fingerprint density at radius 3 is 2.95 bits per heavy atom. The maximum absolute atomic E-state index is 13.9. The van der Waals surface area contributed by atoms with Crippen LogP contribution in [-0.4, -0.2) is 28.9 Å². The molecule has 1 saturated heterocycles. The van der Waals surface area contributed by atoms with Crippen LogP contribution in [0.1, 0.15) is 30.9 Å². The number of nitriles is 1. The molecule has 1 heterocycles. The van der Waals surface area contributed by atoms with Crippen LogP contribution >= 0.6 is 0 Å². The average molecular weight is 275 g/mol. The molecule has 4 nitrogen and oxygen atoms in total. The Bertz CT molecular complexity index is 551. The van der Waals surface area contributed by atoms with E-state index in [1.54, 1.807) is 12.1 Å². The maximum Gasteiger partial charge on any atom is 0.129 e. The lowest BCUT2D eigenvalue weighted by molar-refractivity contribution is 0.218. The van der Waals surface area contributed by atoms with Crippen LogP contribution in [0, 0.1) is 23.1 Å². The average Bonchev–Trinajstić information content (AvgIpc) is 2.49. The van der Waals surface area contributed by atoms with E-state index in [-0.39, 0.29) is 11.7 Å². The van der Waals surface area contributed by atoms with Gasteiger partial charge >= 0.3 is 0 Å². The lowest BCUT2D eigenvalue weighted by Gasteiger charge is -2.32. The van der Waals surface area contributed by atoms with Gasteiger partial charge in [0.15, 0.2) is 0 Å². The van der Waals surface area contributed by atoms with Crippen molar-refractivity contribution in [3.8, 4) is 6.07 Å². The molecular formula is C15H18FN3O. The van der Waals surface area contributed by atoms with Crippen LogP contribution in [0.25, 0.3) is 0 Å². The summed E-state index contributed by atoms with van der Waals surface area (Å²) in [5, 5.41) is 21.0. The Morgan fingerprint density at radius 1 is 1.55 bits per heavy atom. The fourth-order valence-electron chi connectivity index (χ4n) is 2.61. The highest BCUT2D eigenvalue weighted by atomic mass is 19.1. The largest absolute Gasteiger partial charge is 0.411 e. The number of hydrogen-bond acceptors (Lipinski definition) is 4. The van der Waals surface area contributed by atoms with Gasteiger partial charge in [-0.1, -0.05) is 18.1 Å². The van der Waals surface area contributed by atoms with Gasteiger partial charge in [-0.2, -0.15) is 5.26 Å². The van der Waals surface area contributed by atoms with Crippen molar-refractivity contribution in [2.75, 3.05) is 13.1 Å². The first kappa shape index (κ1) is 14.5. The topological polar surface area (TPSA) is 59.6 Å². The number of piperidine rings is 1. The number of likely N-dealkylation sites (tertiary alicyclic amines) is 1. The fraction of sp³-hybridized carbons (Fsp3) is 0.467. The molecule has 0 spiro atoms. The van der Waals surface area contributed by atoms with Crippen LogP contribution in [0.4, 0.5) is 4.39 Å². The highest BCUT2D eigenvalue weighted by Crippen LogP contribution is 2.20. The Hall–Kier alpha value is -1.93. The number of nitrogens with zero attached hydrogens (tertiary/aromatic N) is 3. The molecule has 1 aliphatic rings. The quantitative estimate of drug-likeness (QED) is 0.681. The second kappa shape index (κ2) is 6.49. The predicted octanol–water partition coefficient (Wildman–Crippen LogP) is 2.76. The van der Waals surface area contributed by atoms with Crippen LogP contribution < -0.4 is 0 Å². The second-order valence-corrected chi connectivity index (χ2v) is 5.10. The number of oxime groups is 1. The van der Waals surface area contributed by atoms with Gasteiger partial charge in [-0.25, -0.2) is 4.39 Å². The van der Waals surface area contributed by atoms with Gasteiger partial charge in [0.25, 0.3) is 0 Å². The third-order valence-electron chi connectivity index (χ3n) is 3.83. The highest BCUT2D eigenvalue weighted by Gasteiger charge is 2.25. The summed E-state index contributed by atoms with van der Waals surface area (Å²) in [6.45, 7) is 4.11. The molecule has 20 heavy (non-hydrogen) atoms.